The van der Waals surface area contributed by atoms with Crippen LogP contribution in [-0.2, 0) is 11.2 Å². The van der Waals surface area contributed by atoms with Crippen LogP contribution >= 0.6 is 23.1 Å². The molecule has 1 aromatic heterocycles. The Morgan fingerprint density at radius 2 is 1.52 bits per heavy atom. The molecule has 1 N–H and O–H groups in total. The fraction of sp³-hybridized carbons (Fsp3) is 0.0833. The van der Waals surface area contributed by atoms with Gasteiger partial charge in [0.05, 0.1) is 10.4 Å². The predicted molar refractivity (Wildman–Crippen MR) is 122 cm³/mol. The fourth-order valence-corrected chi connectivity index (χ4v) is 4.79. The average Bonchev–Trinajstić information content (AvgIpc) is 3.20. The van der Waals surface area contributed by atoms with Crippen LogP contribution in [0.25, 0.3) is 11.1 Å². The van der Waals surface area contributed by atoms with Gasteiger partial charge in [0.15, 0.2) is 5.13 Å². The molecule has 0 saturated carbocycles. The first-order chi connectivity index (χ1) is 14.3. The monoisotopic (exact) mass is 416 g/mol. The van der Waals surface area contributed by atoms with Crippen LogP contribution < -0.4 is 5.32 Å². The number of amides is 1. The summed E-state index contributed by atoms with van der Waals surface area (Å²) < 4.78 is 1.06. The van der Waals surface area contributed by atoms with E-state index in [2.05, 4.69) is 58.8 Å². The number of hydrogen-bond acceptors (Lipinski definition) is 4. The molecular formula is C24H20N2OS2. The van der Waals surface area contributed by atoms with Crippen molar-refractivity contribution in [2.75, 3.05) is 5.32 Å². The van der Waals surface area contributed by atoms with E-state index in [9.17, 15) is 4.79 Å². The van der Waals surface area contributed by atoms with Gasteiger partial charge in [-0.25, -0.2) is 4.98 Å². The summed E-state index contributed by atoms with van der Waals surface area (Å²) in [5.41, 5.74) is 3.54. The number of thiazole rings is 1. The quantitative estimate of drug-likeness (QED) is 0.372. The fourth-order valence-electron chi connectivity index (χ4n) is 2.90. The van der Waals surface area contributed by atoms with Crippen molar-refractivity contribution in [3.05, 3.63) is 96.7 Å². The zero-order valence-corrected chi connectivity index (χ0v) is 17.4. The van der Waals surface area contributed by atoms with Crippen molar-refractivity contribution >= 4 is 34.1 Å². The van der Waals surface area contributed by atoms with E-state index in [1.165, 1.54) is 22.5 Å². The number of nitrogens with zero attached hydrogens (tertiary/aromatic N) is 1. The van der Waals surface area contributed by atoms with Gasteiger partial charge in [0, 0.05) is 11.3 Å². The maximum absolute atomic E-state index is 12.3. The van der Waals surface area contributed by atoms with Crippen molar-refractivity contribution in [2.45, 2.75) is 21.9 Å². The number of aromatic nitrogens is 1. The lowest BCUT2D eigenvalue weighted by atomic mass is 10.0. The molecule has 0 aliphatic rings. The van der Waals surface area contributed by atoms with E-state index in [4.69, 9.17) is 0 Å². The molecule has 4 rings (SSSR count). The van der Waals surface area contributed by atoms with Crippen LogP contribution in [0.4, 0.5) is 5.13 Å². The van der Waals surface area contributed by atoms with Crippen molar-refractivity contribution < 1.29 is 4.79 Å². The smallest absolute Gasteiger partial charge is 0.226 e. The Kier molecular flexibility index (Phi) is 6.39. The molecule has 0 spiro atoms. The van der Waals surface area contributed by atoms with E-state index in [-0.39, 0.29) is 5.91 Å². The van der Waals surface area contributed by atoms with Crippen LogP contribution in [0, 0.1) is 0 Å². The van der Waals surface area contributed by atoms with Crippen LogP contribution in [0.15, 0.2) is 100 Å². The van der Waals surface area contributed by atoms with E-state index < -0.39 is 0 Å². The maximum atomic E-state index is 12.3. The molecule has 0 saturated heterocycles. The van der Waals surface area contributed by atoms with Gasteiger partial charge in [0.2, 0.25) is 5.91 Å². The summed E-state index contributed by atoms with van der Waals surface area (Å²) in [6.07, 6.45) is 2.95. The van der Waals surface area contributed by atoms with Crippen LogP contribution in [0.5, 0.6) is 0 Å². The lowest BCUT2D eigenvalue weighted by molar-refractivity contribution is -0.116. The first-order valence-corrected chi connectivity index (χ1v) is 11.0. The SMILES string of the molecule is O=C(CCc1ccc(-c2ccccc2)cc1)Nc1ncc(Sc2ccccc2)s1. The number of carbonyl (C=O) groups excluding carboxylic acids is 1. The molecule has 29 heavy (non-hydrogen) atoms. The third-order valence-electron chi connectivity index (χ3n) is 4.39. The van der Waals surface area contributed by atoms with E-state index in [1.54, 1.807) is 18.0 Å². The van der Waals surface area contributed by atoms with E-state index in [1.807, 2.05) is 36.4 Å². The summed E-state index contributed by atoms with van der Waals surface area (Å²) in [5, 5.41) is 3.56. The van der Waals surface area contributed by atoms with Crippen LogP contribution in [0.2, 0.25) is 0 Å². The summed E-state index contributed by atoms with van der Waals surface area (Å²) in [4.78, 5) is 17.8. The highest BCUT2D eigenvalue weighted by Gasteiger charge is 2.08. The van der Waals surface area contributed by atoms with Crippen molar-refractivity contribution in [3.8, 4) is 11.1 Å². The van der Waals surface area contributed by atoms with Gasteiger partial charge in [-0.3, -0.25) is 4.79 Å². The van der Waals surface area contributed by atoms with E-state index in [0.717, 1.165) is 14.7 Å². The number of nitrogens with one attached hydrogen (secondary N) is 1. The lowest BCUT2D eigenvalue weighted by Gasteiger charge is -2.05. The zero-order valence-electron chi connectivity index (χ0n) is 15.7. The van der Waals surface area contributed by atoms with Gasteiger partial charge in [-0.05, 0) is 35.2 Å². The summed E-state index contributed by atoms with van der Waals surface area (Å²) in [7, 11) is 0. The summed E-state index contributed by atoms with van der Waals surface area (Å²) in [5.74, 6) is -0.0113. The molecule has 5 heteroatoms. The van der Waals surface area contributed by atoms with Crippen LogP contribution in [0.3, 0.4) is 0 Å². The van der Waals surface area contributed by atoms with E-state index >= 15 is 0 Å². The number of aryl methyl sites for hydroxylation is 1. The highest BCUT2D eigenvalue weighted by Crippen LogP contribution is 2.33. The molecule has 1 heterocycles. The number of anilines is 1. The molecule has 0 atom stereocenters. The molecular weight excluding hydrogens is 396 g/mol. The maximum Gasteiger partial charge on any atom is 0.226 e. The van der Waals surface area contributed by atoms with Gasteiger partial charge in [-0.2, -0.15) is 0 Å². The first kappa shape index (κ1) is 19.4. The third-order valence-corrected chi connectivity index (χ3v) is 6.42. The van der Waals surface area contributed by atoms with Gasteiger partial charge in [0.25, 0.3) is 0 Å². The number of benzene rings is 3. The third kappa shape index (κ3) is 5.56. The molecule has 0 radical (unpaired) electrons. The molecule has 0 unspecified atom stereocenters. The van der Waals surface area contributed by atoms with Crippen LogP contribution in [-0.4, -0.2) is 10.9 Å². The Labute approximate surface area is 178 Å². The Morgan fingerprint density at radius 1 is 0.862 bits per heavy atom. The summed E-state index contributed by atoms with van der Waals surface area (Å²) >= 11 is 3.15. The highest BCUT2D eigenvalue weighted by molar-refractivity contribution is 8.01. The second-order valence-corrected chi connectivity index (χ2v) is 8.92. The minimum atomic E-state index is -0.0113. The topological polar surface area (TPSA) is 42.0 Å². The standard InChI is InChI=1S/C24H20N2OS2/c27-22(26-24-25-17-23(29-24)28-21-9-5-2-6-10-21)16-13-18-11-14-20(15-12-18)19-7-3-1-4-8-19/h1-12,14-15,17H,13,16H2,(H,25,26,27). The van der Waals surface area contributed by atoms with Crippen molar-refractivity contribution in [2.24, 2.45) is 0 Å². The average molecular weight is 417 g/mol. The van der Waals surface area contributed by atoms with Gasteiger partial charge in [-0.15, -0.1) is 0 Å². The van der Waals surface area contributed by atoms with Gasteiger partial charge < -0.3 is 5.32 Å². The van der Waals surface area contributed by atoms with E-state index in [0.29, 0.717) is 18.0 Å². The second-order valence-electron chi connectivity index (χ2n) is 6.51. The zero-order chi connectivity index (χ0) is 19.9. The predicted octanol–water partition coefficient (Wildman–Crippen LogP) is 6.53. The molecule has 0 aliphatic carbocycles. The number of carbonyl (C=O) groups is 1. The molecule has 1 amide bonds. The minimum Gasteiger partial charge on any atom is -0.302 e. The highest BCUT2D eigenvalue weighted by atomic mass is 32.2. The second kappa shape index (κ2) is 9.54. The van der Waals surface area contributed by atoms with Crippen LogP contribution in [0.1, 0.15) is 12.0 Å². The first-order valence-electron chi connectivity index (χ1n) is 9.39. The van der Waals surface area contributed by atoms with Gasteiger partial charge in [0.1, 0.15) is 0 Å². The molecule has 144 valence electrons. The van der Waals surface area contributed by atoms with Crippen molar-refractivity contribution in [1.82, 2.24) is 4.98 Å². The number of hydrogen-bond donors (Lipinski definition) is 1. The minimum absolute atomic E-state index is 0.0113. The Bertz CT molecular complexity index is 1060. The summed E-state index contributed by atoms with van der Waals surface area (Å²) in [6, 6.07) is 28.8. The Hall–Kier alpha value is -2.89. The number of rotatable bonds is 7. The molecule has 0 aliphatic heterocycles. The lowest BCUT2D eigenvalue weighted by Crippen LogP contribution is -2.11. The van der Waals surface area contributed by atoms with Gasteiger partial charge in [-0.1, -0.05) is 95.9 Å². The van der Waals surface area contributed by atoms with Crippen molar-refractivity contribution in [1.29, 1.82) is 0 Å². The van der Waals surface area contributed by atoms with Gasteiger partial charge >= 0.3 is 0 Å². The molecule has 3 aromatic carbocycles. The molecule has 3 nitrogen and oxygen atoms in total. The normalized spacial score (nSPS) is 10.6. The van der Waals surface area contributed by atoms with Crippen molar-refractivity contribution in [3.63, 3.8) is 0 Å². The summed E-state index contributed by atoms with van der Waals surface area (Å²) in [6.45, 7) is 0. The Balaban J connectivity index is 1.28. The Morgan fingerprint density at radius 3 is 2.24 bits per heavy atom. The molecule has 0 bridgehead atoms. The largest absolute Gasteiger partial charge is 0.302 e. The molecule has 0 fully saturated rings. The molecule has 4 aromatic rings.